The van der Waals surface area contributed by atoms with Gasteiger partial charge in [-0.25, -0.2) is 0 Å². The van der Waals surface area contributed by atoms with Gasteiger partial charge in [-0.2, -0.15) is 0 Å². The summed E-state index contributed by atoms with van der Waals surface area (Å²) in [6, 6.07) is 5.81. The Bertz CT molecular complexity index is 447. The molecule has 0 aromatic heterocycles. The lowest BCUT2D eigenvalue weighted by atomic mass is 10.1. The van der Waals surface area contributed by atoms with Crippen molar-refractivity contribution in [3.8, 4) is 0 Å². The first-order valence-electron chi connectivity index (χ1n) is 6.32. The van der Waals surface area contributed by atoms with E-state index < -0.39 is 0 Å². The Labute approximate surface area is 117 Å². The van der Waals surface area contributed by atoms with Crippen LogP contribution < -0.4 is 0 Å². The Morgan fingerprint density at radius 1 is 1.22 bits per heavy atom. The molecule has 0 N–H and O–H groups in total. The summed E-state index contributed by atoms with van der Waals surface area (Å²) < 4.78 is 1.00. The van der Waals surface area contributed by atoms with Crippen molar-refractivity contribution in [2.45, 2.75) is 13.3 Å². The number of carbonyl (C=O) groups is 1. The van der Waals surface area contributed by atoms with Gasteiger partial charge in [0.25, 0.3) is 5.91 Å². The Kier molecular flexibility index (Phi) is 4.40. The molecule has 1 amide bonds. The van der Waals surface area contributed by atoms with E-state index in [0.29, 0.717) is 0 Å². The fourth-order valence-corrected chi connectivity index (χ4v) is 2.63. The zero-order valence-electron chi connectivity index (χ0n) is 10.9. The van der Waals surface area contributed by atoms with E-state index in [4.69, 9.17) is 0 Å². The fourth-order valence-electron chi connectivity index (χ4n) is 2.26. The fraction of sp³-hybridized carbons (Fsp3) is 0.500. The molecule has 0 saturated carbocycles. The molecule has 0 atom stereocenters. The number of nitrogens with zero attached hydrogens (tertiary/aromatic N) is 2. The number of halogens is 1. The highest BCUT2D eigenvalue weighted by atomic mass is 79.9. The van der Waals surface area contributed by atoms with Crippen molar-refractivity contribution in [2.24, 2.45) is 0 Å². The zero-order chi connectivity index (χ0) is 13.1. The lowest BCUT2D eigenvalue weighted by Crippen LogP contribution is -2.34. The molecule has 18 heavy (non-hydrogen) atoms. The van der Waals surface area contributed by atoms with E-state index in [1.807, 2.05) is 30.0 Å². The standard InChI is InChI=1S/C14H19BrN2O/c1-11-12(5-3-6-13(11)15)14(18)17-8-4-7-16(2)9-10-17/h3,5-6H,4,7-10H2,1-2H3. The largest absolute Gasteiger partial charge is 0.337 e. The Morgan fingerprint density at radius 3 is 2.78 bits per heavy atom. The Hall–Kier alpha value is -0.870. The van der Waals surface area contributed by atoms with Crippen LogP contribution in [0.5, 0.6) is 0 Å². The Morgan fingerprint density at radius 2 is 2.00 bits per heavy atom. The third-order valence-corrected chi connectivity index (χ3v) is 4.36. The highest BCUT2D eigenvalue weighted by Crippen LogP contribution is 2.21. The van der Waals surface area contributed by atoms with E-state index in [-0.39, 0.29) is 5.91 Å². The summed E-state index contributed by atoms with van der Waals surface area (Å²) in [6.45, 7) is 5.69. The van der Waals surface area contributed by atoms with Crippen LogP contribution in [-0.4, -0.2) is 48.9 Å². The second kappa shape index (κ2) is 5.85. The lowest BCUT2D eigenvalue weighted by Gasteiger charge is -2.21. The van der Waals surface area contributed by atoms with E-state index in [0.717, 1.165) is 48.2 Å². The maximum atomic E-state index is 12.5. The van der Waals surface area contributed by atoms with Crippen molar-refractivity contribution in [1.29, 1.82) is 0 Å². The highest BCUT2D eigenvalue weighted by molar-refractivity contribution is 9.10. The van der Waals surface area contributed by atoms with Crippen LogP contribution in [0.2, 0.25) is 0 Å². The van der Waals surface area contributed by atoms with Crippen molar-refractivity contribution in [1.82, 2.24) is 9.80 Å². The second-order valence-electron chi connectivity index (χ2n) is 4.86. The van der Waals surface area contributed by atoms with Gasteiger partial charge in [0.15, 0.2) is 0 Å². The molecule has 2 rings (SSSR count). The summed E-state index contributed by atoms with van der Waals surface area (Å²) in [5.41, 5.74) is 1.84. The summed E-state index contributed by atoms with van der Waals surface area (Å²) in [6.07, 6.45) is 1.05. The van der Waals surface area contributed by atoms with Crippen LogP contribution in [0.3, 0.4) is 0 Å². The molecular formula is C14H19BrN2O. The van der Waals surface area contributed by atoms with Crippen LogP contribution in [0.4, 0.5) is 0 Å². The van der Waals surface area contributed by atoms with E-state index in [2.05, 4.69) is 27.9 Å². The van der Waals surface area contributed by atoms with E-state index in [1.54, 1.807) is 0 Å². The molecule has 1 heterocycles. The van der Waals surface area contributed by atoms with Crippen molar-refractivity contribution < 1.29 is 4.79 Å². The molecular weight excluding hydrogens is 292 g/mol. The number of amides is 1. The Balaban J connectivity index is 2.18. The van der Waals surface area contributed by atoms with Crippen LogP contribution in [0, 0.1) is 6.92 Å². The van der Waals surface area contributed by atoms with Crippen molar-refractivity contribution in [3.05, 3.63) is 33.8 Å². The predicted molar refractivity (Wildman–Crippen MR) is 76.9 cm³/mol. The predicted octanol–water partition coefficient (Wildman–Crippen LogP) is 2.54. The summed E-state index contributed by atoms with van der Waals surface area (Å²) in [5, 5.41) is 0. The number of rotatable bonds is 1. The minimum absolute atomic E-state index is 0.157. The first-order valence-corrected chi connectivity index (χ1v) is 7.12. The molecule has 1 aromatic rings. The van der Waals surface area contributed by atoms with Crippen LogP contribution in [0.25, 0.3) is 0 Å². The normalized spacial score (nSPS) is 17.6. The van der Waals surface area contributed by atoms with Gasteiger partial charge in [-0.3, -0.25) is 4.79 Å². The molecule has 0 spiro atoms. The van der Waals surface area contributed by atoms with Gasteiger partial charge >= 0.3 is 0 Å². The quantitative estimate of drug-likeness (QED) is 0.796. The first kappa shape index (κ1) is 13.6. The van der Waals surface area contributed by atoms with Crippen LogP contribution in [-0.2, 0) is 0 Å². The lowest BCUT2D eigenvalue weighted by molar-refractivity contribution is 0.0762. The van der Waals surface area contributed by atoms with Gasteiger partial charge < -0.3 is 9.80 Å². The molecule has 4 heteroatoms. The summed E-state index contributed by atoms with van der Waals surface area (Å²) >= 11 is 3.48. The van der Waals surface area contributed by atoms with Crippen LogP contribution in [0.15, 0.2) is 22.7 Å². The van der Waals surface area contributed by atoms with Gasteiger partial charge in [0.2, 0.25) is 0 Å². The van der Waals surface area contributed by atoms with E-state index in [9.17, 15) is 4.79 Å². The molecule has 1 aliphatic rings. The molecule has 98 valence electrons. The SMILES string of the molecule is Cc1c(Br)cccc1C(=O)N1CCCN(C)CC1. The average molecular weight is 311 g/mol. The number of hydrogen-bond acceptors (Lipinski definition) is 2. The maximum Gasteiger partial charge on any atom is 0.254 e. The monoisotopic (exact) mass is 310 g/mol. The van der Waals surface area contributed by atoms with E-state index >= 15 is 0 Å². The molecule has 1 fully saturated rings. The summed E-state index contributed by atoms with van der Waals surface area (Å²) in [7, 11) is 2.11. The maximum absolute atomic E-state index is 12.5. The molecule has 0 radical (unpaired) electrons. The summed E-state index contributed by atoms with van der Waals surface area (Å²) in [4.78, 5) is 16.8. The summed E-state index contributed by atoms with van der Waals surface area (Å²) in [5.74, 6) is 0.157. The van der Waals surface area contributed by atoms with Crippen molar-refractivity contribution in [3.63, 3.8) is 0 Å². The van der Waals surface area contributed by atoms with Gasteiger partial charge in [-0.15, -0.1) is 0 Å². The second-order valence-corrected chi connectivity index (χ2v) is 5.72. The average Bonchev–Trinajstić information content (AvgIpc) is 2.57. The van der Waals surface area contributed by atoms with Gasteiger partial charge in [0.1, 0.15) is 0 Å². The molecule has 1 aliphatic heterocycles. The highest BCUT2D eigenvalue weighted by Gasteiger charge is 2.20. The smallest absolute Gasteiger partial charge is 0.254 e. The molecule has 0 aliphatic carbocycles. The number of likely N-dealkylation sites (N-methyl/N-ethyl adjacent to an activating group) is 1. The number of hydrogen-bond donors (Lipinski definition) is 0. The minimum atomic E-state index is 0.157. The van der Waals surface area contributed by atoms with E-state index in [1.165, 1.54) is 0 Å². The molecule has 0 unspecified atom stereocenters. The van der Waals surface area contributed by atoms with Gasteiger partial charge in [-0.1, -0.05) is 22.0 Å². The molecule has 3 nitrogen and oxygen atoms in total. The minimum Gasteiger partial charge on any atom is -0.337 e. The van der Waals surface area contributed by atoms with Gasteiger partial charge in [-0.05, 0) is 44.6 Å². The van der Waals surface area contributed by atoms with Crippen molar-refractivity contribution in [2.75, 3.05) is 33.2 Å². The topological polar surface area (TPSA) is 23.6 Å². The third-order valence-electron chi connectivity index (χ3n) is 3.50. The molecule has 1 saturated heterocycles. The van der Waals surface area contributed by atoms with Crippen LogP contribution in [0.1, 0.15) is 22.3 Å². The molecule has 0 bridgehead atoms. The number of benzene rings is 1. The third kappa shape index (κ3) is 2.93. The van der Waals surface area contributed by atoms with Crippen molar-refractivity contribution >= 4 is 21.8 Å². The van der Waals surface area contributed by atoms with Crippen LogP contribution >= 0.6 is 15.9 Å². The zero-order valence-corrected chi connectivity index (χ0v) is 12.5. The van der Waals surface area contributed by atoms with Gasteiger partial charge in [0, 0.05) is 29.7 Å². The van der Waals surface area contributed by atoms with Gasteiger partial charge in [0.05, 0.1) is 0 Å². The number of carbonyl (C=O) groups excluding carboxylic acids is 1. The first-order chi connectivity index (χ1) is 8.59. The molecule has 1 aromatic carbocycles.